The first-order valence-corrected chi connectivity index (χ1v) is 11.6. The minimum atomic E-state index is -1.11. The molecule has 7 heteroatoms. The molecule has 0 saturated heterocycles. The summed E-state index contributed by atoms with van der Waals surface area (Å²) in [6.45, 7) is 7.86. The van der Waals surface area contributed by atoms with E-state index in [9.17, 15) is 4.39 Å². The summed E-state index contributed by atoms with van der Waals surface area (Å²) < 4.78 is 27.3. The fourth-order valence-corrected chi connectivity index (χ4v) is 3.37. The summed E-state index contributed by atoms with van der Waals surface area (Å²) in [7, 11) is 0.411. The zero-order chi connectivity index (χ0) is 15.6. The van der Waals surface area contributed by atoms with Crippen molar-refractivity contribution in [2.24, 2.45) is 0 Å². The van der Waals surface area contributed by atoms with Gasteiger partial charge in [-0.2, -0.15) is 5.10 Å². The van der Waals surface area contributed by atoms with Crippen LogP contribution in [0.3, 0.4) is 0 Å². The highest BCUT2D eigenvalue weighted by Gasteiger charge is 2.16. The Labute approximate surface area is 138 Å². The summed E-state index contributed by atoms with van der Waals surface area (Å²) in [5.41, 5.74) is 0.466. The zero-order valence-corrected chi connectivity index (χ0v) is 15.9. The molecule has 116 valence electrons. The highest BCUT2D eigenvalue weighted by atomic mass is 127. The monoisotopic (exact) mass is 422 g/mol. The molecule has 1 aromatic heterocycles. The number of hydrogen-bond donors (Lipinski definition) is 0. The molecule has 2 rings (SSSR count). The van der Waals surface area contributed by atoms with E-state index in [1.807, 2.05) is 0 Å². The smallest absolute Gasteiger partial charge is 0.152 e. The molecule has 0 saturated carbocycles. The van der Waals surface area contributed by atoms with Crippen molar-refractivity contribution in [3.63, 3.8) is 0 Å². The second-order valence-corrected chi connectivity index (χ2v) is 12.8. The Balaban J connectivity index is 2.17. The highest BCUT2D eigenvalue weighted by molar-refractivity contribution is 14.1. The van der Waals surface area contributed by atoms with Crippen molar-refractivity contribution < 1.29 is 13.9 Å². The number of aromatic nitrogens is 2. The van der Waals surface area contributed by atoms with Gasteiger partial charge in [0.25, 0.3) is 0 Å². The third-order valence-corrected chi connectivity index (χ3v) is 5.67. The molecule has 0 aliphatic rings. The molecule has 0 aliphatic heterocycles. The van der Waals surface area contributed by atoms with E-state index in [2.05, 4.69) is 47.3 Å². The SMILES string of the molecule is COc1cc(F)c2c(c1)c(I)nn2COCC[Si](C)(C)C. The van der Waals surface area contributed by atoms with Crippen LogP contribution in [0, 0.1) is 9.52 Å². The molecule has 0 bridgehead atoms. The van der Waals surface area contributed by atoms with Crippen molar-refractivity contribution in [3.8, 4) is 5.75 Å². The molecule has 1 aromatic carbocycles. The molecule has 21 heavy (non-hydrogen) atoms. The lowest BCUT2D eigenvalue weighted by Crippen LogP contribution is -2.22. The van der Waals surface area contributed by atoms with E-state index < -0.39 is 8.07 Å². The molecular formula is C14H20FIN2O2Si. The minimum absolute atomic E-state index is 0.271. The number of ether oxygens (including phenoxy) is 2. The van der Waals surface area contributed by atoms with E-state index in [-0.39, 0.29) is 12.5 Å². The first kappa shape index (κ1) is 16.7. The summed E-state index contributed by atoms with van der Waals surface area (Å²) >= 11 is 2.10. The summed E-state index contributed by atoms with van der Waals surface area (Å²) in [6, 6.07) is 4.25. The molecule has 0 aliphatic carbocycles. The van der Waals surface area contributed by atoms with Gasteiger partial charge in [0.15, 0.2) is 5.82 Å². The fourth-order valence-electron chi connectivity index (χ4n) is 1.94. The van der Waals surface area contributed by atoms with Crippen molar-refractivity contribution in [2.75, 3.05) is 13.7 Å². The van der Waals surface area contributed by atoms with Gasteiger partial charge < -0.3 is 9.47 Å². The molecule has 1 heterocycles. The number of benzene rings is 1. The van der Waals surface area contributed by atoms with Gasteiger partial charge in [0, 0.05) is 26.1 Å². The number of methoxy groups -OCH3 is 1. The largest absolute Gasteiger partial charge is 0.497 e. The van der Waals surface area contributed by atoms with Crippen LogP contribution in [0.2, 0.25) is 25.7 Å². The standard InChI is InChI=1S/C14H20FIN2O2Si/c1-19-10-7-11-13(12(15)8-10)18(17-14(11)16)9-20-5-6-21(2,3)4/h7-8H,5-6,9H2,1-4H3. The van der Waals surface area contributed by atoms with Crippen LogP contribution < -0.4 is 4.74 Å². The average Bonchev–Trinajstić information content (AvgIpc) is 2.71. The quantitative estimate of drug-likeness (QED) is 0.400. The molecular weight excluding hydrogens is 402 g/mol. The van der Waals surface area contributed by atoms with Crippen molar-refractivity contribution in [3.05, 3.63) is 21.7 Å². The Kier molecular flexibility index (Phi) is 5.26. The van der Waals surface area contributed by atoms with E-state index in [0.29, 0.717) is 17.9 Å². The first-order valence-electron chi connectivity index (χ1n) is 6.79. The molecule has 2 aromatic rings. The zero-order valence-electron chi connectivity index (χ0n) is 12.7. The third-order valence-electron chi connectivity index (χ3n) is 3.17. The summed E-state index contributed by atoms with van der Waals surface area (Å²) in [5, 5.41) is 5.11. The van der Waals surface area contributed by atoms with Gasteiger partial charge in [-0.1, -0.05) is 19.6 Å². The van der Waals surface area contributed by atoms with E-state index in [4.69, 9.17) is 9.47 Å². The van der Waals surface area contributed by atoms with Crippen LogP contribution in [0.5, 0.6) is 5.75 Å². The molecule has 0 atom stereocenters. The lowest BCUT2D eigenvalue weighted by molar-refractivity contribution is 0.0810. The Morgan fingerprint density at radius 3 is 2.67 bits per heavy atom. The molecule has 4 nitrogen and oxygen atoms in total. The summed E-state index contributed by atoms with van der Waals surface area (Å²) in [4.78, 5) is 0. The van der Waals surface area contributed by atoms with Crippen molar-refractivity contribution in [1.82, 2.24) is 9.78 Å². The molecule has 0 radical (unpaired) electrons. The van der Waals surface area contributed by atoms with Gasteiger partial charge in [-0.05, 0) is 34.7 Å². The van der Waals surface area contributed by atoms with Crippen LogP contribution in [0.15, 0.2) is 12.1 Å². The lowest BCUT2D eigenvalue weighted by Gasteiger charge is -2.15. The second-order valence-electron chi connectivity index (χ2n) is 6.14. The van der Waals surface area contributed by atoms with Crippen LogP contribution in [-0.4, -0.2) is 31.6 Å². The Morgan fingerprint density at radius 1 is 1.33 bits per heavy atom. The van der Waals surface area contributed by atoms with Gasteiger partial charge in [0.2, 0.25) is 0 Å². The fraction of sp³-hybridized carbons (Fsp3) is 0.500. The Bertz CT molecular complexity index is 640. The highest BCUT2D eigenvalue weighted by Crippen LogP contribution is 2.28. The van der Waals surface area contributed by atoms with E-state index >= 15 is 0 Å². The third kappa shape index (κ3) is 4.16. The van der Waals surface area contributed by atoms with Gasteiger partial charge in [0.1, 0.15) is 21.7 Å². The van der Waals surface area contributed by atoms with E-state index in [1.54, 1.807) is 10.7 Å². The second kappa shape index (κ2) is 6.61. The predicted octanol–water partition coefficient (Wildman–Crippen LogP) is 4.10. The topological polar surface area (TPSA) is 36.3 Å². The van der Waals surface area contributed by atoms with Gasteiger partial charge in [-0.25, -0.2) is 9.07 Å². The molecule has 0 spiro atoms. The minimum Gasteiger partial charge on any atom is -0.497 e. The first-order chi connectivity index (χ1) is 9.81. The van der Waals surface area contributed by atoms with Crippen molar-refractivity contribution in [2.45, 2.75) is 32.4 Å². The normalized spacial score (nSPS) is 12.1. The van der Waals surface area contributed by atoms with Crippen LogP contribution in [0.25, 0.3) is 10.9 Å². The van der Waals surface area contributed by atoms with Gasteiger partial charge in [-0.15, -0.1) is 0 Å². The molecule has 0 amide bonds. The van der Waals surface area contributed by atoms with Crippen LogP contribution in [-0.2, 0) is 11.5 Å². The van der Waals surface area contributed by atoms with Crippen LogP contribution in [0.1, 0.15) is 0 Å². The Morgan fingerprint density at radius 2 is 2.05 bits per heavy atom. The van der Waals surface area contributed by atoms with Crippen LogP contribution >= 0.6 is 22.6 Å². The van der Waals surface area contributed by atoms with Gasteiger partial charge in [-0.3, -0.25) is 0 Å². The maximum absolute atomic E-state index is 14.2. The molecule has 0 N–H and O–H groups in total. The maximum atomic E-state index is 14.2. The Hall–Kier alpha value is -0.673. The number of halogens is 2. The number of nitrogens with zero attached hydrogens (tertiary/aromatic N) is 2. The van der Waals surface area contributed by atoms with Gasteiger partial charge >= 0.3 is 0 Å². The number of hydrogen-bond acceptors (Lipinski definition) is 3. The number of fused-ring (bicyclic) bond motifs is 1. The molecule has 0 fully saturated rings. The van der Waals surface area contributed by atoms with E-state index in [1.165, 1.54) is 13.2 Å². The van der Waals surface area contributed by atoms with Crippen molar-refractivity contribution >= 4 is 41.6 Å². The summed E-state index contributed by atoms with van der Waals surface area (Å²) in [5.74, 6) is 0.158. The number of rotatable bonds is 6. The van der Waals surface area contributed by atoms with E-state index in [0.717, 1.165) is 15.1 Å². The average molecular weight is 422 g/mol. The molecule has 0 unspecified atom stereocenters. The van der Waals surface area contributed by atoms with Crippen LogP contribution in [0.4, 0.5) is 4.39 Å². The summed E-state index contributed by atoms with van der Waals surface area (Å²) in [6.07, 6.45) is 0. The van der Waals surface area contributed by atoms with Crippen molar-refractivity contribution in [1.29, 1.82) is 0 Å². The van der Waals surface area contributed by atoms with Gasteiger partial charge in [0.05, 0.1) is 7.11 Å². The lowest BCUT2D eigenvalue weighted by atomic mass is 10.2. The predicted molar refractivity (Wildman–Crippen MR) is 93.1 cm³/mol. The maximum Gasteiger partial charge on any atom is 0.152 e.